The van der Waals surface area contributed by atoms with Gasteiger partial charge in [0.2, 0.25) is 5.91 Å². The van der Waals surface area contributed by atoms with Gasteiger partial charge in [-0.05, 0) is 6.42 Å². The molecule has 0 atom stereocenters. The molecule has 2 nitrogen and oxygen atoms in total. The van der Waals surface area contributed by atoms with Gasteiger partial charge in [0.25, 0.3) is 0 Å². The van der Waals surface area contributed by atoms with Gasteiger partial charge >= 0.3 is 0 Å². The molecule has 16 heavy (non-hydrogen) atoms. The standard InChI is InChI=1S/C13H26BrNO/c1-2-3-4-5-6-7-8-9-10-11-12-13(16)15-14/h2-12H2,1H3,(H,15,16). The molecule has 3 heteroatoms. The van der Waals surface area contributed by atoms with E-state index in [1.807, 2.05) is 0 Å². The van der Waals surface area contributed by atoms with Gasteiger partial charge in [-0.3, -0.25) is 9.14 Å². The summed E-state index contributed by atoms with van der Waals surface area (Å²) >= 11 is 2.94. The third-order valence-corrected chi connectivity index (χ3v) is 3.31. The van der Waals surface area contributed by atoms with Gasteiger partial charge < -0.3 is 0 Å². The molecular weight excluding hydrogens is 266 g/mol. The minimum absolute atomic E-state index is 0.0968. The van der Waals surface area contributed by atoms with E-state index in [-0.39, 0.29) is 5.91 Å². The number of nitrogens with one attached hydrogen (secondary N) is 1. The highest BCUT2D eigenvalue weighted by Gasteiger charge is 1.97. The van der Waals surface area contributed by atoms with Crippen molar-refractivity contribution in [3.8, 4) is 0 Å². The predicted octanol–water partition coefficient (Wildman–Crippen LogP) is 4.72. The number of carbonyl (C=O) groups excluding carboxylic acids is 1. The fourth-order valence-corrected chi connectivity index (χ4v) is 2.02. The molecule has 0 aliphatic heterocycles. The Bertz CT molecular complexity index is 162. The molecule has 0 radical (unpaired) electrons. The zero-order valence-electron chi connectivity index (χ0n) is 10.6. The molecule has 0 aliphatic rings. The van der Waals surface area contributed by atoms with E-state index < -0.39 is 0 Å². The van der Waals surface area contributed by atoms with Crippen LogP contribution in [0, 0.1) is 0 Å². The molecule has 0 bridgehead atoms. The summed E-state index contributed by atoms with van der Waals surface area (Å²) in [6.07, 6.45) is 13.8. The SMILES string of the molecule is CCCCCCCCCCCCC(=O)NBr. The largest absolute Gasteiger partial charge is 0.293 e. The molecule has 0 fully saturated rings. The Balaban J connectivity index is 2.96. The van der Waals surface area contributed by atoms with Crippen molar-refractivity contribution in [2.75, 3.05) is 0 Å². The van der Waals surface area contributed by atoms with Crippen LogP contribution in [0.5, 0.6) is 0 Å². The summed E-state index contributed by atoms with van der Waals surface area (Å²) in [4.78, 5) is 10.9. The summed E-state index contributed by atoms with van der Waals surface area (Å²) in [6, 6.07) is 0. The van der Waals surface area contributed by atoms with Gasteiger partial charge in [-0.2, -0.15) is 0 Å². The molecular formula is C13H26BrNO. The van der Waals surface area contributed by atoms with Crippen LogP contribution in [0.2, 0.25) is 0 Å². The molecule has 1 N–H and O–H groups in total. The third-order valence-electron chi connectivity index (χ3n) is 2.86. The van der Waals surface area contributed by atoms with Gasteiger partial charge in [0.05, 0.1) is 0 Å². The third kappa shape index (κ3) is 12.0. The van der Waals surface area contributed by atoms with Crippen LogP contribution in [0.4, 0.5) is 0 Å². The Morgan fingerprint density at radius 1 is 0.875 bits per heavy atom. The number of amides is 1. The number of hydrogen-bond donors (Lipinski definition) is 1. The van der Waals surface area contributed by atoms with Crippen molar-refractivity contribution >= 4 is 22.1 Å². The molecule has 0 aromatic heterocycles. The van der Waals surface area contributed by atoms with Gasteiger partial charge in [0.15, 0.2) is 0 Å². The Morgan fingerprint density at radius 2 is 1.31 bits per heavy atom. The number of carbonyl (C=O) groups is 1. The topological polar surface area (TPSA) is 29.1 Å². The first-order valence-electron chi connectivity index (χ1n) is 6.70. The van der Waals surface area contributed by atoms with Crippen LogP contribution in [0.1, 0.15) is 77.6 Å². The number of halogens is 1. The predicted molar refractivity (Wildman–Crippen MR) is 73.5 cm³/mol. The molecule has 0 saturated heterocycles. The Kier molecular flexibility index (Phi) is 13.0. The second-order valence-electron chi connectivity index (χ2n) is 4.45. The molecule has 1 amide bonds. The fourth-order valence-electron chi connectivity index (χ4n) is 1.82. The van der Waals surface area contributed by atoms with Crippen molar-refractivity contribution < 1.29 is 4.79 Å². The van der Waals surface area contributed by atoms with Gasteiger partial charge in [-0.15, -0.1) is 0 Å². The van der Waals surface area contributed by atoms with E-state index in [9.17, 15) is 4.79 Å². The average Bonchev–Trinajstić information content (AvgIpc) is 2.31. The first-order valence-corrected chi connectivity index (χ1v) is 7.50. The lowest BCUT2D eigenvalue weighted by atomic mass is 10.1. The first kappa shape index (κ1) is 16.0. The van der Waals surface area contributed by atoms with E-state index in [1.165, 1.54) is 57.8 Å². The molecule has 0 spiro atoms. The highest BCUT2D eigenvalue weighted by molar-refractivity contribution is 9.08. The lowest BCUT2D eigenvalue weighted by Gasteiger charge is -2.01. The van der Waals surface area contributed by atoms with Crippen molar-refractivity contribution in [1.82, 2.24) is 4.34 Å². The van der Waals surface area contributed by atoms with Crippen molar-refractivity contribution in [3.05, 3.63) is 0 Å². The second kappa shape index (κ2) is 13.0. The van der Waals surface area contributed by atoms with Crippen molar-refractivity contribution in [2.24, 2.45) is 0 Å². The van der Waals surface area contributed by atoms with Crippen LogP contribution in [0.3, 0.4) is 0 Å². The van der Waals surface area contributed by atoms with E-state index in [1.54, 1.807) is 0 Å². The molecule has 0 heterocycles. The number of unbranched alkanes of at least 4 members (excludes halogenated alkanes) is 9. The minimum atomic E-state index is 0.0968. The van der Waals surface area contributed by atoms with Crippen LogP contribution in [-0.2, 0) is 4.79 Å². The number of hydrogen-bond acceptors (Lipinski definition) is 1. The van der Waals surface area contributed by atoms with Gasteiger partial charge in [-0.25, -0.2) is 0 Å². The van der Waals surface area contributed by atoms with Gasteiger partial charge in [0, 0.05) is 22.6 Å². The lowest BCUT2D eigenvalue weighted by molar-refractivity contribution is -0.119. The van der Waals surface area contributed by atoms with E-state index in [4.69, 9.17) is 0 Å². The summed E-state index contributed by atoms with van der Waals surface area (Å²) < 4.78 is 2.47. The maximum absolute atomic E-state index is 10.9. The smallest absolute Gasteiger partial charge is 0.229 e. The summed E-state index contributed by atoms with van der Waals surface area (Å²) in [5, 5.41) is 0. The fraction of sp³-hybridized carbons (Fsp3) is 0.923. The number of rotatable bonds is 11. The quantitative estimate of drug-likeness (QED) is 0.433. The van der Waals surface area contributed by atoms with Gasteiger partial charge in [0.1, 0.15) is 0 Å². The molecule has 0 saturated carbocycles. The summed E-state index contributed by atoms with van der Waals surface area (Å²) in [6.45, 7) is 2.25. The minimum Gasteiger partial charge on any atom is -0.293 e. The second-order valence-corrected chi connectivity index (χ2v) is 4.85. The summed E-state index contributed by atoms with van der Waals surface area (Å²) in [7, 11) is 0. The molecule has 0 aliphatic carbocycles. The van der Waals surface area contributed by atoms with Crippen molar-refractivity contribution in [1.29, 1.82) is 0 Å². The molecule has 0 rings (SSSR count). The summed E-state index contributed by atoms with van der Waals surface area (Å²) in [5.41, 5.74) is 0. The van der Waals surface area contributed by atoms with E-state index in [0.717, 1.165) is 6.42 Å². The van der Waals surface area contributed by atoms with Crippen LogP contribution in [0.25, 0.3) is 0 Å². The Labute approximate surface area is 109 Å². The zero-order chi connectivity index (χ0) is 12.1. The van der Waals surface area contributed by atoms with Gasteiger partial charge in [-0.1, -0.05) is 64.7 Å². The van der Waals surface area contributed by atoms with E-state index in [2.05, 4.69) is 27.4 Å². The normalized spacial score (nSPS) is 10.4. The van der Waals surface area contributed by atoms with Crippen LogP contribution in [0.15, 0.2) is 0 Å². The zero-order valence-corrected chi connectivity index (χ0v) is 12.2. The lowest BCUT2D eigenvalue weighted by Crippen LogP contribution is -2.10. The highest BCUT2D eigenvalue weighted by atomic mass is 79.9. The maximum Gasteiger partial charge on any atom is 0.229 e. The molecule has 96 valence electrons. The van der Waals surface area contributed by atoms with Crippen molar-refractivity contribution in [2.45, 2.75) is 77.6 Å². The molecule has 0 unspecified atom stereocenters. The Morgan fingerprint density at radius 3 is 1.75 bits per heavy atom. The highest BCUT2D eigenvalue weighted by Crippen LogP contribution is 2.11. The molecule has 0 aromatic rings. The summed E-state index contributed by atoms with van der Waals surface area (Å²) in [5.74, 6) is 0.0968. The van der Waals surface area contributed by atoms with Crippen LogP contribution < -0.4 is 4.34 Å². The Hall–Kier alpha value is -0.0500. The van der Waals surface area contributed by atoms with Crippen molar-refractivity contribution in [3.63, 3.8) is 0 Å². The monoisotopic (exact) mass is 291 g/mol. The average molecular weight is 292 g/mol. The first-order chi connectivity index (χ1) is 7.81. The van der Waals surface area contributed by atoms with E-state index >= 15 is 0 Å². The van der Waals surface area contributed by atoms with Crippen LogP contribution in [-0.4, -0.2) is 5.91 Å². The molecule has 0 aromatic carbocycles. The maximum atomic E-state index is 10.9. The van der Waals surface area contributed by atoms with E-state index in [0.29, 0.717) is 6.42 Å². The van der Waals surface area contributed by atoms with Crippen LogP contribution >= 0.6 is 16.1 Å².